The Balaban J connectivity index is 1.76. The minimum absolute atomic E-state index is 0.155. The van der Waals surface area contributed by atoms with E-state index in [-0.39, 0.29) is 19.1 Å². The van der Waals surface area contributed by atoms with Gasteiger partial charge < -0.3 is 19.7 Å². The van der Waals surface area contributed by atoms with Crippen LogP contribution < -0.4 is 5.32 Å². The van der Waals surface area contributed by atoms with Crippen LogP contribution in [0.2, 0.25) is 0 Å². The number of aliphatic hydroxyl groups is 1. The summed E-state index contributed by atoms with van der Waals surface area (Å²) in [5, 5.41) is 13.1. The monoisotopic (exact) mass is 331 g/mol. The lowest BCUT2D eigenvalue weighted by atomic mass is 10.2. The van der Waals surface area contributed by atoms with Crippen LogP contribution in [0.25, 0.3) is 15.3 Å². The summed E-state index contributed by atoms with van der Waals surface area (Å²) in [6.45, 7) is 0.344. The summed E-state index contributed by atoms with van der Waals surface area (Å²) >= 11 is 1.52. The fraction of sp³-hybridized carbons (Fsp3) is 0.250. The molecular formula is C16H17N3O3S. The summed E-state index contributed by atoms with van der Waals surface area (Å²) in [7, 11) is 1.51. The molecule has 0 radical (unpaired) electrons. The highest BCUT2D eigenvalue weighted by atomic mass is 32.1. The predicted octanol–water partition coefficient (Wildman–Crippen LogP) is 1.82. The summed E-state index contributed by atoms with van der Waals surface area (Å²) in [5.41, 5.74) is 1.40. The number of ether oxygens (including phenoxy) is 1. The number of nitrogens with one attached hydrogen (secondary N) is 1. The van der Waals surface area contributed by atoms with Crippen LogP contribution in [0.4, 0.5) is 0 Å². The third-order valence-corrected chi connectivity index (χ3v) is 4.35. The zero-order valence-electron chi connectivity index (χ0n) is 12.6. The van der Waals surface area contributed by atoms with Crippen molar-refractivity contribution in [2.45, 2.75) is 6.10 Å². The van der Waals surface area contributed by atoms with Gasteiger partial charge in [-0.3, -0.25) is 4.79 Å². The Kier molecular flexibility index (Phi) is 4.71. The third-order valence-electron chi connectivity index (χ3n) is 3.32. The van der Waals surface area contributed by atoms with Crippen LogP contribution in [0.5, 0.6) is 0 Å². The first-order chi connectivity index (χ1) is 11.2. The average molecular weight is 331 g/mol. The normalized spacial score (nSPS) is 12.4. The molecule has 3 rings (SSSR count). The van der Waals surface area contributed by atoms with E-state index in [2.05, 4.69) is 10.3 Å². The first-order valence-electron chi connectivity index (χ1n) is 7.16. The van der Waals surface area contributed by atoms with Crippen LogP contribution in [0.3, 0.4) is 0 Å². The first-order valence-corrected chi connectivity index (χ1v) is 7.98. The van der Waals surface area contributed by atoms with Crippen LogP contribution in [-0.4, -0.2) is 46.9 Å². The summed E-state index contributed by atoms with van der Waals surface area (Å²) in [5.74, 6) is -0.224. The highest BCUT2D eigenvalue weighted by molar-refractivity contribution is 7.20. The Bertz CT molecular complexity index is 798. The molecule has 1 aromatic carbocycles. The molecule has 0 aliphatic heterocycles. The highest BCUT2D eigenvalue weighted by Gasteiger charge is 2.11. The van der Waals surface area contributed by atoms with Gasteiger partial charge in [0.05, 0.1) is 22.9 Å². The number of nitrogens with zero attached hydrogens (tertiary/aromatic N) is 2. The molecule has 0 bridgehead atoms. The number of methoxy groups -OCH3 is 1. The van der Waals surface area contributed by atoms with Crippen LogP contribution in [0.15, 0.2) is 42.7 Å². The number of benzene rings is 1. The van der Waals surface area contributed by atoms with Crippen molar-refractivity contribution >= 4 is 27.5 Å². The van der Waals surface area contributed by atoms with Crippen molar-refractivity contribution in [1.29, 1.82) is 0 Å². The van der Waals surface area contributed by atoms with Crippen molar-refractivity contribution in [3.63, 3.8) is 0 Å². The van der Waals surface area contributed by atoms with Gasteiger partial charge in [-0.15, -0.1) is 0 Å². The number of fused-ring (bicyclic) bond motifs is 1. The van der Waals surface area contributed by atoms with Crippen molar-refractivity contribution in [1.82, 2.24) is 14.9 Å². The molecule has 2 aromatic heterocycles. The first kappa shape index (κ1) is 15.7. The number of carbonyl (C=O) groups excluding carboxylic acids is 1. The van der Waals surface area contributed by atoms with Gasteiger partial charge in [-0.25, -0.2) is 4.98 Å². The summed E-state index contributed by atoms with van der Waals surface area (Å²) in [6.07, 6.45) is 3.15. The van der Waals surface area contributed by atoms with E-state index in [9.17, 15) is 9.90 Å². The smallest absolute Gasteiger partial charge is 0.251 e. The number of thiazole rings is 1. The fourth-order valence-electron chi connectivity index (χ4n) is 2.19. The number of aliphatic hydroxyl groups excluding tert-OH is 1. The highest BCUT2D eigenvalue weighted by Crippen LogP contribution is 2.25. The average Bonchev–Trinajstić information content (AvgIpc) is 3.20. The lowest BCUT2D eigenvalue weighted by Gasteiger charge is -2.10. The minimum atomic E-state index is -0.712. The van der Waals surface area contributed by atoms with E-state index in [4.69, 9.17) is 4.74 Å². The lowest BCUT2D eigenvalue weighted by Crippen LogP contribution is -2.34. The molecule has 0 aliphatic carbocycles. The maximum Gasteiger partial charge on any atom is 0.251 e. The molecular weight excluding hydrogens is 314 g/mol. The van der Waals surface area contributed by atoms with Crippen molar-refractivity contribution < 1.29 is 14.6 Å². The van der Waals surface area contributed by atoms with E-state index in [1.54, 1.807) is 6.07 Å². The Labute approximate surface area is 137 Å². The van der Waals surface area contributed by atoms with E-state index < -0.39 is 6.10 Å². The molecule has 0 saturated heterocycles. The molecule has 23 heavy (non-hydrogen) atoms. The Morgan fingerprint density at radius 1 is 1.43 bits per heavy atom. The van der Waals surface area contributed by atoms with Crippen LogP contribution >= 0.6 is 11.3 Å². The van der Waals surface area contributed by atoms with Gasteiger partial charge in [0.2, 0.25) is 0 Å². The van der Waals surface area contributed by atoms with Gasteiger partial charge in [0.25, 0.3) is 5.91 Å². The molecule has 7 heteroatoms. The topological polar surface area (TPSA) is 76.4 Å². The lowest BCUT2D eigenvalue weighted by molar-refractivity contribution is 0.0610. The summed E-state index contributed by atoms with van der Waals surface area (Å²) in [6, 6.07) is 9.27. The van der Waals surface area contributed by atoms with E-state index in [1.165, 1.54) is 18.4 Å². The van der Waals surface area contributed by atoms with Crippen molar-refractivity contribution in [2.75, 3.05) is 20.3 Å². The third kappa shape index (κ3) is 3.58. The Hall–Kier alpha value is -2.22. The minimum Gasteiger partial charge on any atom is -0.389 e. The number of hydrogen-bond donors (Lipinski definition) is 2. The maximum absolute atomic E-state index is 12.1. The molecule has 0 unspecified atom stereocenters. The van der Waals surface area contributed by atoms with Crippen molar-refractivity contribution in [3.05, 3.63) is 48.3 Å². The molecule has 3 aromatic rings. The molecule has 0 aliphatic rings. The second kappa shape index (κ2) is 6.91. The van der Waals surface area contributed by atoms with Gasteiger partial charge in [-0.05, 0) is 30.3 Å². The second-order valence-electron chi connectivity index (χ2n) is 5.09. The number of aromatic nitrogens is 2. The van der Waals surface area contributed by atoms with Gasteiger partial charge in [0, 0.05) is 31.6 Å². The molecule has 0 saturated carbocycles. The summed E-state index contributed by atoms with van der Waals surface area (Å²) < 4.78 is 7.71. The zero-order valence-corrected chi connectivity index (χ0v) is 13.4. The Morgan fingerprint density at radius 2 is 2.22 bits per heavy atom. The zero-order chi connectivity index (χ0) is 16.2. The molecule has 6 nitrogen and oxygen atoms in total. The van der Waals surface area contributed by atoms with E-state index in [0.717, 1.165) is 15.3 Å². The predicted molar refractivity (Wildman–Crippen MR) is 89.2 cm³/mol. The quantitative estimate of drug-likeness (QED) is 0.722. The van der Waals surface area contributed by atoms with E-state index >= 15 is 0 Å². The van der Waals surface area contributed by atoms with Gasteiger partial charge >= 0.3 is 0 Å². The van der Waals surface area contributed by atoms with Gasteiger partial charge in [-0.2, -0.15) is 0 Å². The fourth-order valence-corrected chi connectivity index (χ4v) is 3.16. The molecule has 2 N–H and O–H groups in total. The Morgan fingerprint density at radius 3 is 2.96 bits per heavy atom. The second-order valence-corrected chi connectivity index (χ2v) is 6.10. The molecule has 120 valence electrons. The SMILES string of the molecule is COC[C@H](O)CNC(=O)c1ccc2nc(-n3cccc3)sc2c1. The number of rotatable bonds is 6. The van der Waals surface area contributed by atoms with Gasteiger partial charge in [0.1, 0.15) is 0 Å². The van der Waals surface area contributed by atoms with Crippen molar-refractivity contribution in [2.24, 2.45) is 0 Å². The molecule has 1 atom stereocenters. The van der Waals surface area contributed by atoms with Crippen molar-refractivity contribution in [3.8, 4) is 5.13 Å². The van der Waals surface area contributed by atoms with Gasteiger partial charge in [-0.1, -0.05) is 11.3 Å². The van der Waals surface area contributed by atoms with E-state index in [0.29, 0.717) is 5.56 Å². The maximum atomic E-state index is 12.1. The number of carbonyl (C=O) groups is 1. The van der Waals surface area contributed by atoms with Crippen LogP contribution in [-0.2, 0) is 4.74 Å². The molecule has 0 spiro atoms. The van der Waals surface area contributed by atoms with E-state index in [1.807, 2.05) is 41.2 Å². The van der Waals surface area contributed by atoms with Gasteiger partial charge in [0.15, 0.2) is 5.13 Å². The standard InChI is InChI=1S/C16H17N3O3S/c1-22-10-12(20)9-17-15(21)11-4-5-13-14(8-11)23-16(18-13)19-6-2-3-7-19/h2-8,12,20H,9-10H2,1H3,(H,17,21)/t12-/m1/s1. The number of amides is 1. The van der Waals surface area contributed by atoms with Crippen LogP contribution in [0.1, 0.15) is 10.4 Å². The molecule has 0 fully saturated rings. The molecule has 1 amide bonds. The number of hydrogen-bond acceptors (Lipinski definition) is 5. The summed E-state index contributed by atoms with van der Waals surface area (Å²) in [4.78, 5) is 16.7. The molecule has 2 heterocycles. The van der Waals surface area contributed by atoms with Crippen LogP contribution in [0, 0.1) is 0 Å². The largest absolute Gasteiger partial charge is 0.389 e.